The van der Waals surface area contributed by atoms with Crippen LogP contribution >= 0.6 is 0 Å². The summed E-state index contributed by atoms with van der Waals surface area (Å²) in [5.41, 5.74) is 2.80. The van der Waals surface area contributed by atoms with Crippen molar-refractivity contribution in [2.75, 3.05) is 0 Å². The van der Waals surface area contributed by atoms with E-state index in [2.05, 4.69) is 10.4 Å². The average Bonchev–Trinajstić information content (AvgIpc) is 3.04. The maximum absolute atomic E-state index is 13.2. The zero-order valence-electron chi connectivity index (χ0n) is 17.6. The number of para-hydroxylation sites is 1. The Morgan fingerprint density at radius 2 is 1.74 bits per heavy atom. The summed E-state index contributed by atoms with van der Waals surface area (Å²) in [5.74, 6) is -0.504. The minimum Gasteiger partial charge on any atom is -0.350 e. The molecule has 7 heteroatoms. The van der Waals surface area contributed by atoms with Crippen LogP contribution in [-0.2, 0) is 11.3 Å². The predicted molar refractivity (Wildman–Crippen MR) is 118 cm³/mol. The monoisotopic (exact) mass is 418 g/mol. The molecule has 2 aromatic carbocycles. The molecule has 1 N–H and O–H groups in total. The molecule has 0 radical (unpaired) electrons. The number of benzene rings is 2. The van der Waals surface area contributed by atoms with Crippen LogP contribution in [0.5, 0.6) is 0 Å². The van der Waals surface area contributed by atoms with Crippen LogP contribution in [0.2, 0.25) is 0 Å². The molecule has 0 spiro atoms. The summed E-state index contributed by atoms with van der Waals surface area (Å²) in [4.78, 5) is 26.0. The Morgan fingerprint density at radius 1 is 1.06 bits per heavy atom. The van der Waals surface area contributed by atoms with Crippen LogP contribution in [0.25, 0.3) is 16.5 Å². The topological polar surface area (TPSA) is 68.9 Å². The Bertz CT molecular complexity index is 1310. The number of aromatic nitrogens is 3. The molecule has 1 unspecified atom stereocenters. The number of fused-ring (bicyclic) bond motifs is 1. The summed E-state index contributed by atoms with van der Waals surface area (Å²) >= 11 is 0. The Kier molecular flexibility index (Phi) is 5.42. The van der Waals surface area contributed by atoms with E-state index in [-0.39, 0.29) is 17.3 Å². The van der Waals surface area contributed by atoms with E-state index in [0.29, 0.717) is 23.3 Å². The summed E-state index contributed by atoms with van der Waals surface area (Å²) in [6.07, 6.45) is 1.67. The van der Waals surface area contributed by atoms with Crippen molar-refractivity contribution in [3.63, 3.8) is 0 Å². The number of hydrogen-bond acceptors (Lipinski definition) is 3. The highest BCUT2D eigenvalue weighted by molar-refractivity contribution is 5.89. The molecule has 6 nitrogen and oxygen atoms in total. The zero-order chi connectivity index (χ0) is 22.1. The van der Waals surface area contributed by atoms with Gasteiger partial charge in [-0.25, -0.2) is 4.39 Å². The van der Waals surface area contributed by atoms with E-state index in [0.717, 1.165) is 16.6 Å². The van der Waals surface area contributed by atoms with Crippen LogP contribution in [0.4, 0.5) is 4.39 Å². The third-order valence-electron chi connectivity index (χ3n) is 5.60. The standard InChI is InChI=1S/C24H23FN4O2/c1-15-21-14-27-29(20-7-5-4-6-8-20)24(31)22(21)16(2)28(15)17(3)23(30)26-13-18-9-11-19(25)12-10-18/h4-12,14,17H,13H2,1-3H3,(H,26,30). The Hall–Kier alpha value is -3.74. The van der Waals surface area contributed by atoms with Gasteiger partial charge in [-0.1, -0.05) is 30.3 Å². The van der Waals surface area contributed by atoms with E-state index in [1.165, 1.54) is 16.8 Å². The van der Waals surface area contributed by atoms with E-state index in [1.807, 2.05) is 48.7 Å². The highest BCUT2D eigenvalue weighted by Gasteiger charge is 2.23. The lowest BCUT2D eigenvalue weighted by atomic mass is 10.2. The second-order valence-electron chi connectivity index (χ2n) is 7.55. The van der Waals surface area contributed by atoms with Crippen LogP contribution in [-0.4, -0.2) is 20.3 Å². The van der Waals surface area contributed by atoms with Crippen LogP contribution in [0.3, 0.4) is 0 Å². The van der Waals surface area contributed by atoms with Crippen molar-refractivity contribution in [3.05, 3.63) is 93.9 Å². The molecule has 31 heavy (non-hydrogen) atoms. The summed E-state index contributed by atoms with van der Waals surface area (Å²) in [5, 5.41) is 8.51. The van der Waals surface area contributed by atoms with E-state index >= 15 is 0 Å². The van der Waals surface area contributed by atoms with E-state index in [4.69, 9.17) is 0 Å². The van der Waals surface area contributed by atoms with Gasteiger partial charge < -0.3 is 9.88 Å². The fourth-order valence-electron chi connectivity index (χ4n) is 3.97. The lowest BCUT2D eigenvalue weighted by molar-refractivity contribution is -0.124. The van der Waals surface area contributed by atoms with Crippen molar-refractivity contribution in [2.45, 2.75) is 33.4 Å². The number of halogens is 1. The van der Waals surface area contributed by atoms with Gasteiger partial charge in [0.2, 0.25) is 5.91 Å². The number of aryl methyl sites for hydroxylation is 2. The molecule has 0 aliphatic heterocycles. The van der Waals surface area contributed by atoms with Crippen molar-refractivity contribution in [1.29, 1.82) is 0 Å². The predicted octanol–water partition coefficient (Wildman–Crippen LogP) is 3.82. The van der Waals surface area contributed by atoms with Crippen molar-refractivity contribution < 1.29 is 9.18 Å². The fourth-order valence-corrected chi connectivity index (χ4v) is 3.97. The minimum atomic E-state index is -0.530. The van der Waals surface area contributed by atoms with Crippen LogP contribution in [0, 0.1) is 19.7 Å². The number of nitrogens with zero attached hydrogens (tertiary/aromatic N) is 3. The van der Waals surface area contributed by atoms with Gasteiger partial charge in [-0.05, 0) is 50.6 Å². The van der Waals surface area contributed by atoms with E-state index in [9.17, 15) is 14.0 Å². The SMILES string of the molecule is Cc1c2cnn(-c3ccccc3)c(=O)c2c(C)n1C(C)C(=O)NCc1ccc(F)cc1. The lowest BCUT2D eigenvalue weighted by Gasteiger charge is -2.18. The summed E-state index contributed by atoms with van der Waals surface area (Å²) in [6, 6.07) is 14.7. The molecular formula is C24H23FN4O2. The van der Waals surface area contributed by atoms with Crippen molar-refractivity contribution in [3.8, 4) is 5.69 Å². The Morgan fingerprint density at radius 3 is 2.42 bits per heavy atom. The number of rotatable bonds is 5. The molecule has 0 saturated carbocycles. The van der Waals surface area contributed by atoms with Gasteiger partial charge in [0, 0.05) is 23.3 Å². The number of nitrogens with one attached hydrogen (secondary N) is 1. The van der Waals surface area contributed by atoms with Gasteiger partial charge in [-0.2, -0.15) is 9.78 Å². The molecule has 0 fully saturated rings. The maximum Gasteiger partial charge on any atom is 0.281 e. The average molecular weight is 418 g/mol. The Balaban J connectivity index is 1.67. The normalized spacial score (nSPS) is 12.1. The van der Waals surface area contributed by atoms with Crippen molar-refractivity contribution in [2.24, 2.45) is 0 Å². The molecule has 1 atom stereocenters. The largest absolute Gasteiger partial charge is 0.350 e. The fraction of sp³-hybridized carbons (Fsp3) is 0.208. The molecule has 1 amide bonds. The first-order chi connectivity index (χ1) is 14.9. The van der Waals surface area contributed by atoms with Gasteiger partial charge in [0.1, 0.15) is 11.9 Å². The zero-order valence-corrected chi connectivity index (χ0v) is 17.6. The highest BCUT2D eigenvalue weighted by atomic mass is 19.1. The van der Waals surface area contributed by atoms with Gasteiger partial charge in [-0.3, -0.25) is 9.59 Å². The first kappa shape index (κ1) is 20.5. The van der Waals surface area contributed by atoms with Crippen LogP contribution < -0.4 is 10.9 Å². The van der Waals surface area contributed by atoms with Crippen LogP contribution in [0.15, 0.2) is 65.6 Å². The molecule has 4 rings (SSSR count). The van der Waals surface area contributed by atoms with Gasteiger partial charge >= 0.3 is 0 Å². The van der Waals surface area contributed by atoms with Gasteiger partial charge in [0.05, 0.1) is 17.3 Å². The molecule has 2 aromatic heterocycles. The molecule has 2 heterocycles. The smallest absolute Gasteiger partial charge is 0.281 e. The van der Waals surface area contributed by atoms with Crippen molar-refractivity contribution in [1.82, 2.24) is 19.7 Å². The summed E-state index contributed by atoms with van der Waals surface area (Å²) < 4.78 is 16.3. The van der Waals surface area contributed by atoms with Crippen molar-refractivity contribution >= 4 is 16.7 Å². The number of hydrogen-bond donors (Lipinski definition) is 1. The molecule has 0 aliphatic carbocycles. The number of amides is 1. The summed E-state index contributed by atoms with van der Waals surface area (Å²) in [6.45, 7) is 5.82. The number of carbonyl (C=O) groups is 1. The van der Waals surface area contributed by atoms with Gasteiger partial charge in [-0.15, -0.1) is 0 Å². The van der Waals surface area contributed by atoms with E-state index < -0.39 is 6.04 Å². The van der Waals surface area contributed by atoms with Gasteiger partial charge in [0.15, 0.2) is 0 Å². The number of carbonyl (C=O) groups excluding carboxylic acids is 1. The Labute approximate surface area is 178 Å². The molecule has 158 valence electrons. The minimum absolute atomic E-state index is 0.188. The lowest BCUT2D eigenvalue weighted by Crippen LogP contribution is -2.31. The van der Waals surface area contributed by atoms with Gasteiger partial charge in [0.25, 0.3) is 5.56 Å². The molecule has 0 aliphatic rings. The second-order valence-corrected chi connectivity index (χ2v) is 7.55. The highest BCUT2D eigenvalue weighted by Crippen LogP contribution is 2.26. The first-order valence-electron chi connectivity index (χ1n) is 10.1. The van der Waals surface area contributed by atoms with E-state index in [1.54, 1.807) is 25.3 Å². The molecule has 4 aromatic rings. The second kappa shape index (κ2) is 8.18. The molecule has 0 saturated heterocycles. The van der Waals surface area contributed by atoms with Crippen LogP contribution in [0.1, 0.15) is 29.9 Å². The maximum atomic E-state index is 13.2. The molecule has 0 bridgehead atoms. The first-order valence-corrected chi connectivity index (χ1v) is 10.1. The molecular weight excluding hydrogens is 395 g/mol. The third kappa shape index (κ3) is 3.74. The quantitative estimate of drug-likeness (QED) is 0.536. The third-order valence-corrected chi connectivity index (χ3v) is 5.60. The summed E-state index contributed by atoms with van der Waals surface area (Å²) in [7, 11) is 0.